The van der Waals surface area contributed by atoms with E-state index in [4.69, 9.17) is 10.2 Å². The van der Waals surface area contributed by atoms with Crippen LogP contribution >= 0.6 is 0 Å². The summed E-state index contributed by atoms with van der Waals surface area (Å²) in [5.74, 6) is 1.51. The maximum absolute atomic E-state index is 6.00. The quantitative estimate of drug-likeness (QED) is 0.766. The van der Waals surface area contributed by atoms with Crippen molar-refractivity contribution in [2.45, 2.75) is 19.4 Å². The highest BCUT2D eigenvalue weighted by Gasteiger charge is 2.14. The number of para-hydroxylation sites is 2. The van der Waals surface area contributed by atoms with Gasteiger partial charge < -0.3 is 14.7 Å². The summed E-state index contributed by atoms with van der Waals surface area (Å²) in [4.78, 5) is 4.37. The molecular weight excluding hydrogens is 226 g/mol. The lowest BCUT2D eigenvalue weighted by Crippen LogP contribution is -2.11. The van der Waals surface area contributed by atoms with Gasteiger partial charge in [0.1, 0.15) is 5.76 Å². The minimum Gasteiger partial charge on any atom is -0.469 e. The Morgan fingerprint density at radius 1 is 1.28 bits per heavy atom. The average molecular weight is 241 g/mol. The molecule has 0 spiro atoms. The van der Waals surface area contributed by atoms with Crippen LogP contribution in [0.3, 0.4) is 0 Å². The molecule has 2 N–H and O–H groups in total. The highest BCUT2D eigenvalue weighted by molar-refractivity contribution is 5.78. The number of anilines is 1. The second-order valence-electron chi connectivity index (χ2n) is 4.46. The number of furan rings is 1. The lowest BCUT2D eigenvalue weighted by molar-refractivity contribution is 0.456. The molecule has 1 unspecified atom stereocenters. The molecule has 0 bridgehead atoms. The van der Waals surface area contributed by atoms with Crippen molar-refractivity contribution < 1.29 is 4.42 Å². The molecule has 92 valence electrons. The zero-order valence-corrected chi connectivity index (χ0v) is 10.2. The fourth-order valence-electron chi connectivity index (χ4n) is 2.34. The van der Waals surface area contributed by atoms with Crippen molar-refractivity contribution in [3.63, 3.8) is 0 Å². The van der Waals surface area contributed by atoms with E-state index in [1.54, 1.807) is 6.26 Å². The maximum atomic E-state index is 6.00. The van der Waals surface area contributed by atoms with Gasteiger partial charge in [0.2, 0.25) is 5.95 Å². The van der Waals surface area contributed by atoms with Crippen LogP contribution in [0.25, 0.3) is 11.0 Å². The van der Waals surface area contributed by atoms with E-state index in [2.05, 4.69) is 16.5 Å². The Kier molecular flexibility index (Phi) is 2.55. The van der Waals surface area contributed by atoms with Gasteiger partial charge >= 0.3 is 0 Å². The van der Waals surface area contributed by atoms with Crippen molar-refractivity contribution in [1.82, 2.24) is 9.55 Å². The highest BCUT2D eigenvalue weighted by atomic mass is 16.3. The number of imidazole rings is 1. The van der Waals surface area contributed by atoms with E-state index in [1.807, 2.05) is 36.4 Å². The third kappa shape index (κ3) is 1.76. The Balaban J connectivity index is 2.00. The SMILES string of the molecule is CC(Cc1ccco1)n1c(N)nc2ccccc21. The monoisotopic (exact) mass is 241 g/mol. The van der Waals surface area contributed by atoms with Crippen LogP contribution in [-0.2, 0) is 6.42 Å². The fraction of sp³-hybridized carbons (Fsp3) is 0.214. The van der Waals surface area contributed by atoms with Gasteiger partial charge in [-0.05, 0) is 31.2 Å². The molecule has 0 radical (unpaired) electrons. The first-order valence-electron chi connectivity index (χ1n) is 6.00. The number of hydrogen-bond acceptors (Lipinski definition) is 3. The summed E-state index contributed by atoms with van der Waals surface area (Å²) in [6, 6.07) is 12.1. The number of nitrogens with zero attached hydrogens (tertiary/aromatic N) is 2. The Morgan fingerprint density at radius 3 is 2.89 bits per heavy atom. The topological polar surface area (TPSA) is 57.0 Å². The number of rotatable bonds is 3. The van der Waals surface area contributed by atoms with Crippen molar-refractivity contribution >= 4 is 17.0 Å². The van der Waals surface area contributed by atoms with Gasteiger partial charge in [-0.15, -0.1) is 0 Å². The Labute approximate surface area is 105 Å². The zero-order valence-electron chi connectivity index (χ0n) is 10.2. The number of fused-ring (bicyclic) bond motifs is 1. The second-order valence-corrected chi connectivity index (χ2v) is 4.46. The number of aromatic nitrogens is 2. The second kappa shape index (κ2) is 4.22. The smallest absolute Gasteiger partial charge is 0.201 e. The highest BCUT2D eigenvalue weighted by Crippen LogP contribution is 2.24. The first-order chi connectivity index (χ1) is 8.75. The van der Waals surface area contributed by atoms with Crippen LogP contribution in [0.4, 0.5) is 5.95 Å². The van der Waals surface area contributed by atoms with Crippen LogP contribution in [0.15, 0.2) is 47.1 Å². The summed E-state index contributed by atoms with van der Waals surface area (Å²) in [6.07, 6.45) is 2.50. The molecule has 0 fully saturated rings. The lowest BCUT2D eigenvalue weighted by atomic mass is 10.2. The normalized spacial score (nSPS) is 12.9. The summed E-state index contributed by atoms with van der Waals surface area (Å²) in [5.41, 5.74) is 8.00. The maximum Gasteiger partial charge on any atom is 0.201 e. The third-order valence-electron chi connectivity index (χ3n) is 3.14. The molecule has 1 atom stereocenters. The van der Waals surface area contributed by atoms with Gasteiger partial charge in [0.05, 0.1) is 17.3 Å². The molecule has 18 heavy (non-hydrogen) atoms. The Morgan fingerprint density at radius 2 is 2.11 bits per heavy atom. The molecule has 1 aromatic carbocycles. The standard InChI is InChI=1S/C14H15N3O/c1-10(9-11-5-4-8-18-11)17-13-7-3-2-6-12(13)16-14(17)15/h2-8,10H,9H2,1H3,(H2,15,16). The van der Waals surface area contributed by atoms with Crippen LogP contribution < -0.4 is 5.73 Å². The van der Waals surface area contributed by atoms with Crippen molar-refractivity contribution in [3.05, 3.63) is 48.4 Å². The van der Waals surface area contributed by atoms with Gasteiger partial charge in [-0.25, -0.2) is 4.98 Å². The summed E-state index contributed by atoms with van der Waals surface area (Å²) in [7, 11) is 0. The van der Waals surface area contributed by atoms with E-state index < -0.39 is 0 Å². The van der Waals surface area contributed by atoms with E-state index in [0.717, 1.165) is 23.2 Å². The Hall–Kier alpha value is -2.23. The van der Waals surface area contributed by atoms with E-state index in [0.29, 0.717) is 5.95 Å². The van der Waals surface area contributed by atoms with Gasteiger partial charge in [0, 0.05) is 12.5 Å². The van der Waals surface area contributed by atoms with Crippen LogP contribution in [0.5, 0.6) is 0 Å². The first kappa shape index (κ1) is 10.9. The molecule has 0 aliphatic carbocycles. The van der Waals surface area contributed by atoms with Crippen LogP contribution in [0.2, 0.25) is 0 Å². The van der Waals surface area contributed by atoms with E-state index in [1.165, 1.54) is 0 Å². The molecule has 2 heterocycles. The largest absolute Gasteiger partial charge is 0.469 e. The number of hydrogen-bond donors (Lipinski definition) is 1. The molecule has 3 rings (SSSR count). The van der Waals surface area contributed by atoms with Gasteiger partial charge in [0.15, 0.2) is 0 Å². The number of nitrogen functional groups attached to an aromatic ring is 1. The molecule has 0 aliphatic rings. The van der Waals surface area contributed by atoms with Gasteiger partial charge in [-0.1, -0.05) is 12.1 Å². The number of nitrogens with two attached hydrogens (primary N) is 1. The first-order valence-corrected chi connectivity index (χ1v) is 6.00. The van der Waals surface area contributed by atoms with Gasteiger partial charge in [0.25, 0.3) is 0 Å². The molecule has 4 nitrogen and oxygen atoms in total. The molecule has 0 saturated heterocycles. The number of benzene rings is 1. The summed E-state index contributed by atoms with van der Waals surface area (Å²) in [5, 5.41) is 0. The van der Waals surface area contributed by atoms with Gasteiger partial charge in [-0.3, -0.25) is 0 Å². The molecule has 4 heteroatoms. The van der Waals surface area contributed by atoms with Gasteiger partial charge in [-0.2, -0.15) is 0 Å². The fourth-order valence-corrected chi connectivity index (χ4v) is 2.34. The molecule has 0 aliphatic heterocycles. The minimum atomic E-state index is 0.212. The van der Waals surface area contributed by atoms with Crippen LogP contribution in [0, 0.1) is 0 Å². The predicted molar refractivity (Wildman–Crippen MR) is 71.3 cm³/mol. The average Bonchev–Trinajstić information content (AvgIpc) is 2.94. The van der Waals surface area contributed by atoms with E-state index in [-0.39, 0.29) is 6.04 Å². The molecule has 2 aromatic heterocycles. The van der Waals surface area contributed by atoms with E-state index >= 15 is 0 Å². The lowest BCUT2D eigenvalue weighted by Gasteiger charge is -2.14. The molecule has 0 amide bonds. The van der Waals surface area contributed by atoms with E-state index in [9.17, 15) is 0 Å². The van der Waals surface area contributed by atoms with Crippen molar-refractivity contribution in [2.24, 2.45) is 0 Å². The van der Waals surface area contributed by atoms with Crippen LogP contribution in [-0.4, -0.2) is 9.55 Å². The molecule has 0 saturated carbocycles. The van der Waals surface area contributed by atoms with Crippen LogP contribution in [0.1, 0.15) is 18.7 Å². The zero-order chi connectivity index (χ0) is 12.5. The summed E-state index contributed by atoms with van der Waals surface area (Å²) in [6.45, 7) is 2.12. The van der Waals surface area contributed by atoms with Crippen molar-refractivity contribution in [1.29, 1.82) is 0 Å². The third-order valence-corrected chi connectivity index (χ3v) is 3.14. The molecule has 3 aromatic rings. The minimum absolute atomic E-state index is 0.212. The predicted octanol–water partition coefficient (Wildman–Crippen LogP) is 3.02. The van der Waals surface area contributed by atoms with Crippen molar-refractivity contribution in [2.75, 3.05) is 5.73 Å². The summed E-state index contributed by atoms with van der Waals surface area (Å²) >= 11 is 0. The Bertz CT molecular complexity index is 655. The summed E-state index contributed by atoms with van der Waals surface area (Å²) < 4.78 is 7.43. The van der Waals surface area contributed by atoms with Crippen molar-refractivity contribution in [3.8, 4) is 0 Å². The molecular formula is C14H15N3O.